The fourth-order valence-corrected chi connectivity index (χ4v) is 3.95. The van der Waals surface area contributed by atoms with E-state index in [1.54, 1.807) is 23.1 Å². The van der Waals surface area contributed by atoms with Crippen molar-refractivity contribution in [3.63, 3.8) is 0 Å². The van der Waals surface area contributed by atoms with Crippen LogP contribution in [0.15, 0.2) is 53.3 Å². The van der Waals surface area contributed by atoms with Gasteiger partial charge in [-0.05, 0) is 55.2 Å². The number of hydrogen-bond acceptors (Lipinski definition) is 5. The molecule has 9 heteroatoms. The van der Waals surface area contributed by atoms with E-state index in [0.717, 1.165) is 24.0 Å². The van der Waals surface area contributed by atoms with Crippen molar-refractivity contribution in [2.45, 2.75) is 39.7 Å². The van der Waals surface area contributed by atoms with E-state index >= 15 is 0 Å². The van der Waals surface area contributed by atoms with Crippen molar-refractivity contribution in [3.8, 4) is 0 Å². The van der Waals surface area contributed by atoms with Crippen LogP contribution in [0.25, 0.3) is 0 Å². The molecule has 2 rings (SSSR count). The van der Waals surface area contributed by atoms with Crippen LogP contribution in [-0.4, -0.2) is 37.0 Å². The van der Waals surface area contributed by atoms with Gasteiger partial charge in [-0.25, -0.2) is 4.79 Å². The number of amides is 1. The summed E-state index contributed by atoms with van der Waals surface area (Å²) >= 11 is 5.99. The standard InChI is InChI=1S/C21H26ClNO5P2.C2H6/c1-13-11-15(21(25)26-3)6-7-16(13)18-5-4-9-23(18)20(24)17(12-14(2)22)19(28-30)8-10-27-29;1-2/h6-8,11-12,18H,2,4-5,9-10,29-30H2,1,3H3;1-2H3/b17-12+,19-8+;. The monoisotopic (exact) mass is 499 g/mol. The summed E-state index contributed by atoms with van der Waals surface area (Å²) in [5.41, 5.74) is 2.68. The lowest BCUT2D eigenvalue weighted by atomic mass is 9.96. The van der Waals surface area contributed by atoms with Crippen LogP contribution in [-0.2, 0) is 18.6 Å². The maximum atomic E-state index is 13.5. The number of esters is 1. The zero-order chi connectivity index (χ0) is 24.3. The third-order valence-corrected chi connectivity index (χ3v) is 5.41. The van der Waals surface area contributed by atoms with Crippen LogP contribution in [0, 0.1) is 6.92 Å². The lowest BCUT2D eigenvalue weighted by Crippen LogP contribution is -2.32. The van der Waals surface area contributed by atoms with Crippen molar-refractivity contribution in [3.05, 3.63) is 70.0 Å². The molecular formula is C23H32ClNO5P2. The number of carbonyl (C=O) groups excluding carboxylic acids is 2. The third-order valence-electron chi connectivity index (χ3n) is 4.85. The van der Waals surface area contributed by atoms with Gasteiger partial charge in [-0.1, -0.05) is 38.1 Å². The van der Waals surface area contributed by atoms with Gasteiger partial charge < -0.3 is 18.7 Å². The van der Waals surface area contributed by atoms with E-state index in [9.17, 15) is 9.59 Å². The van der Waals surface area contributed by atoms with Gasteiger partial charge >= 0.3 is 5.97 Å². The van der Waals surface area contributed by atoms with Crippen LogP contribution in [0.1, 0.15) is 54.2 Å². The highest BCUT2D eigenvalue weighted by molar-refractivity contribution is 7.10. The third kappa shape index (κ3) is 7.42. The van der Waals surface area contributed by atoms with Crippen LogP contribution < -0.4 is 0 Å². The van der Waals surface area contributed by atoms with E-state index in [-0.39, 0.29) is 23.6 Å². The molecule has 0 aliphatic carbocycles. The van der Waals surface area contributed by atoms with Crippen LogP contribution in [0.5, 0.6) is 0 Å². The Kier molecular flexibility index (Phi) is 12.8. The molecule has 6 nitrogen and oxygen atoms in total. The van der Waals surface area contributed by atoms with E-state index in [1.807, 2.05) is 26.8 Å². The average molecular weight is 500 g/mol. The molecule has 0 bridgehead atoms. The smallest absolute Gasteiger partial charge is 0.337 e. The summed E-state index contributed by atoms with van der Waals surface area (Å²) in [4.78, 5) is 27.1. The van der Waals surface area contributed by atoms with Gasteiger partial charge in [0.05, 0.1) is 40.4 Å². The van der Waals surface area contributed by atoms with Crippen LogP contribution in [0.3, 0.4) is 0 Å². The van der Waals surface area contributed by atoms with Crippen LogP contribution in [0.2, 0.25) is 0 Å². The van der Waals surface area contributed by atoms with Gasteiger partial charge in [-0.15, -0.1) is 0 Å². The fourth-order valence-electron chi connectivity index (χ4n) is 3.52. The lowest BCUT2D eigenvalue weighted by Gasteiger charge is -2.28. The summed E-state index contributed by atoms with van der Waals surface area (Å²) in [5.74, 6) is -0.274. The molecule has 1 aliphatic heterocycles. The van der Waals surface area contributed by atoms with Gasteiger partial charge in [-0.2, -0.15) is 0 Å². The molecular weight excluding hydrogens is 468 g/mol. The summed E-state index contributed by atoms with van der Waals surface area (Å²) in [5, 5.41) is 0.215. The van der Waals surface area contributed by atoms with E-state index in [2.05, 4.69) is 25.5 Å². The quantitative estimate of drug-likeness (QED) is 0.152. The number of nitrogens with zero attached hydrogens (tertiary/aromatic N) is 1. The van der Waals surface area contributed by atoms with Gasteiger partial charge in [0.2, 0.25) is 0 Å². The van der Waals surface area contributed by atoms with Gasteiger partial charge in [0.25, 0.3) is 5.91 Å². The molecule has 0 N–H and O–H groups in total. The van der Waals surface area contributed by atoms with Crippen LogP contribution >= 0.6 is 30.5 Å². The number of methoxy groups -OCH3 is 1. The zero-order valence-electron chi connectivity index (χ0n) is 19.0. The Bertz CT molecular complexity index is 885. The summed E-state index contributed by atoms with van der Waals surface area (Å²) in [6.07, 6.45) is 4.81. The first kappa shape index (κ1) is 28.3. The maximum Gasteiger partial charge on any atom is 0.337 e. The SMILES string of the molecule is C=C(Cl)/C=C(C(=O)N1CCCC1c1ccc(C(=O)OC)cc1C)\C(=C/COP)OP.CC. The first-order valence-corrected chi connectivity index (χ1v) is 11.6. The molecule has 1 aliphatic rings. The second-order valence-corrected chi connectivity index (χ2v) is 7.80. The first-order chi connectivity index (χ1) is 15.3. The maximum absolute atomic E-state index is 13.5. The van der Waals surface area contributed by atoms with Gasteiger partial charge in [0, 0.05) is 21.0 Å². The summed E-state index contributed by atoms with van der Waals surface area (Å²) in [6, 6.07) is 5.26. The van der Waals surface area contributed by atoms with Crippen molar-refractivity contribution in [1.82, 2.24) is 4.90 Å². The molecule has 176 valence electrons. The minimum absolute atomic E-state index is 0.125. The first-order valence-electron chi connectivity index (χ1n) is 10.3. The molecule has 3 unspecified atom stereocenters. The van der Waals surface area contributed by atoms with E-state index in [1.165, 1.54) is 13.2 Å². The molecule has 1 amide bonds. The minimum Gasteiger partial charge on any atom is -0.480 e. The molecule has 1 aromatic rings. The number of likely N-dealkylation sites (tertiary alicyclic amines) is 1. The summed E-state index contributed by atoms with van der Waals surface area (Å²) in [6.45, 7) is 10.4. The largest absolute Gasteiger partial charge is 0.480 e. The molecule has 0 spiro atoms. The van der Waals surface area contributed by atoms with Crippen molar-refractivity contribution >= 4 is 42.4 Å². The van der Waals surface area contributed by atoms with E-state index in [0.29, 0.717) is 23.4 Å². The molecule has 0 saturated carbocycles. The van der Waals surface area contributed by atoms with Crippen molar-refractivity contribution < 1.29 is 23.4 Å². The molecule has 0 radical (unpaired) electrons. The van der Waals surface area contributed by atoms with Crippen LogP contribution in [0.4, 0.5) is 0 Å². The lowest BCUT2D eigenvalue weighted by molar-refractivity contribution is -0.128. The van der Waals surface area contributed by atoms with E-state index < -0.39 is 5.97 Å². The molecule has 3 atom stereocenters. The molecule has 1 saturated heterocycles. The Labute approximate surface area is 200 Å². The van der Waals surface area contributed by atoms with Gasteiger partial charge in [-0.3, -0.25) is 4.79 Å². The van der Waals surface area contributed by atoms with E-state index in [4.69, 9.17) is 25.4 Å². The number of halogens is 1. The number of carbonyl (C=O) groups is 2. The number of rotatable bonds is 8. The zero-order valence-corrected chi connectivity index (χ0v) is 22.1. The van der Waals surface area contributed by atoms with Gasteiger partial charge in [0.1, 0.15) is 5.76 Å². The second kappa shape index (κ2) is 14.4. The Morgan fingerprint density at radius 1 is 1.31 bits per heavy atom. The van der Waals surface area contributed by atoms with Crippen molar-refractivity contribution in [2.75, 3.05) is 20.3 Å². The average Bonchev–Trinajstić information content (AvgIpc) is 3.28. The second-order valence-electron chi connectivity index (χ2n) is 6.74. The van der Waals surface area contributed by atoms with Gasteiger partial charge in [0.15, 0.2) is 0 Å². The molecule has 1 aromatic carbocycles. The Balaban J connectivity index is 0.00000249. The normalized spacial score (nSPS) is 16.2. The van der Waals surface area contributed by atoms with Crippen molar-refractivity contribution in [1.29, 1.82) is 0 Å². The number of aryl methyl sites for hydroxylation is 1. The predicted molar refractivity (Wildman–Crippen MR) is 135 cm³/mol. The Hall–Kier alpha value is -1.71. The highest BCUT2D eigenvalue weighted by Gasteiger charge is 2.34. The molecule has 0 aromatic heterocycles. The number of benzene rings is 1. The molecule has 1 heterocycles. The highest BCUT2D eigenvalue weighted by atomic mass is 35.5. The fraction of sp³-hybridized carbons (Fsp3) is 0.391. The molecule has 32 heavy (non-hydrogen) atoms. The topological polar surface area (TPSA) is 65.1 Å². The van der Waals surface area contributed by atoms with Crippen molar-refractivity contribution in [2.24, 2.45) is 0 Å². The number of hydrogen-bond donors (Lipinski definition) is 0. The number of allylic oxidation sites excluding steroid dienone is 2. The summed E-state index contributed by atoms with van der Waals surface area (Å²) in [7, 11) is 5.64. The predicted octanol–water partition coefficient (Wildman–Crippen LogP) is 5.65. The Morgan fingerprint density at radius 2 is 2.00 bits per heavy atom. The summed E-state index contributed by atoms with van der Waals surface area (Å²) < 4.78 is 15.1. The number of ether oxygens (including phenoxy) is 1. The Morgan fingerprint density at radius 3 is 2.53 bits per heavy atom. The highest BCUT2D eigenvalue weighted by Crippen LogP contribution is 2.36. The minimum atomic E-state index is -0.390. The molecule has 1 fully saturated rings.